The minimum Gasteiger partial charge on any atom is -0.351 e. The summed E-state index contributed by atoms with van der Waals surface area (Å²) < 4.78 is 0. The smallest absolute Gasteiger partial charge is 0.261 e. The minimum atomic E-state index is -0.0881. The number of pyridine rings is 1. The number of hydrogen-bond acceptors (Lipinski definition) is 4. The molecule has 0 aromatic carbocycles. The molecule has 0 unspecified atom stereocenters. The number of hydrogen-bond donors (Lipinski definition) is 2. The second-order valence-electron chi connectivity index (χ2n) is 5.43. The average Bonchev–Trinajstić information content (AvgIpc) is 3.01. The van der Waals surface area contributed by atoms with Gasteiger partial charge in [-0.3, -0.25) is 14.6 Å². The van der Waals surface area contributed by atoms with Crippen LogP contribution in [0.2, 0.25) is 0 Å². The van der Waals surface area contributed by atoms with E-state index in [1.54, 1.807) is 6.07 Å². The Hall–Kier alpha value is -2.21. The predicted octanol–water partition coefficient (Wildman–Crippen LogP) is 3.22. The summed E-state index contributed by atoms with van der Waals surface area (Å²) in [5.74, 6) is -0.151. The summed E-state index contributed by atoms with van der Waals surface area (Å²) in [4.78, 5) is 28.8. The minimum absolute atomic E-state index is 0.0628. The van der Waals surface area contributed by atoms with E-state index in [1.165, 1.54) is 11.3 Å². The van der Waals surface area contributed by atoms with Crippen LogP contribution in [-0.4, -0.2) is 23.3 Å². The second-order valence-corrected chi connectivity index (χ2v) is 6.37. The van der Waals surface area contributed by atoms with E-state index in [9.17, 15) is 9.59 Å². The van der Waals surface area contributed by atoms with Crippen molar-refractivity contribution in [2.24, 2.45) is 0 Å². The van der Waals surface area contributed by atoms with Gasteiger partial charge in [0.25, 0.3) is 5.91 Å². The molecule has 0 radical (unpaired) electrons. The summed E-state index contributed by atoms with van der Waals surface area (Å²) in [5, 5.41) is 7.59. The Kier molecular flexibility index (Phi) is 5.87. The van der Waals surface area contributed by atoms with Gasteiger partial charge in [-0.25, -0.2) is 0 Å². The highest BCUT2D eigenvalue weighted by atomic mass is 32.1. The largest absolute Gasteiger partial charge is 0.351 e. The second kappa shape index (κ2) is 7.87. The zero-order valence-corrected chi connectivity index (χ0v) is 14.4. The van der Waals surface area contributed by atoms with E-state index in [-0.39, 0.29) is 11.8 Å². The van der Waals surface area contributed by atoms with Crippen LogP contribution in [0.3, 0.4) is 0 Å². The van der Waals surface area contributed by atoms with Gasteiger partial charge in [0.15, 0.2) is 0 Å². The number of nitrogens with one attached hydrogen (secondary N) is 2. The van der Waals surface area contributed by atoms with Crippen molar-refractivity contribution in [3.05, 3.63) is 45.4 Å². The van der Waals surface area contributed by atoms with Gasteiger partial charge < -0.3 is 10.6 Å². The van der Waals surface area contributed by atoms with Gasteiger partial charge in [-0.1, -0.05) is 6.07 Å². The van der Waals surface area contributed by atoms with E-state index < -0.39 is 0 Å². The Labute approximate surface area is 140 Å². The van der Waals surface area contributed by atoms with E-state index in [2.05, 4.69) is 15.6 Å². The molecule has 0 fully saturated rings. The number of thiophene rings is 1. The number of aromatic nitrogens is 1. The van der Waals surface area contributed by atoms with E-state index in [0.717, 1.165) is 22.6 Å². The first kappa shape index (κ1) is 17.1. The van der Waals surface area contributed by atoms with Gasteiger partial charge in [-0.2, -0.15) is 0 Å². The molecule has 0 saturated carbocycles. The van der Waals surface area contributed by atoms with Crippen molar-refractivity contribution < 1.29 is 9.59 Å². The standard InChI is InChI=1S/C17H21N3O2S/c1-11-10-12(2)19-13(3)16(11)20-15(21)7-4-8-18-17(22)14-6-5-9-23-14/h5-6,9-10H,4,7-8H2,1-3H3,(H,18,22)(H,20,21). The lowest BCUT2D eigenvalue weighted by Gasteiger charge is -2.12. The number of anilines is 1. The molecule has 5 nitrogen and oxygen atoms in total. The Morgan fingerprint density at radius 3 is 2.70 bits per heavy atom. The zero-order valence-electron chi connectivity index (χ0n) is 13.6. The first-order valence-electron chi connectivity index (χ1n) is 7.54. The Balaban J connectivity index is 1.77. The number of aryl methyl sites for hydroxylation is 3. The molecule has 2 aromatic rings. The molecule has 0 aliphatic rings. The van der Waals surface area contributed by atoms with Crippen molar-refractivity contribution in [1.29, 1.82) is 0 Å². The summed E-state index contributed by atoms with van der Waals surface area (Å²) in [5.41, 5.74) is 3.55. The number of carbonyl (C=O) groups excluding carboxylic acids is 2. The predicted molar refractivity (Wildman–Crippen MR) is 93.0 cm³/mol. The fraction of sp³-hybridized carbons (Fsp3) is 0.353. The molecule has 6 heteroatoms. The normalized spacial score (nSPS) is 10.4. The summed E-state index contributed by atoms with van der Waals surface area (Å²) in [7, 11) is 0. The molecule has 2 aromatic heterocycles. The molecule has 23 heavy (non-hydrogen) atoms. The third-order valence-electron chi connectivity index (χ3n) is 3.40. The van der Waals surface area contributed by atoms with E-state index in [0.29, 0.717) is 24.3 Å². The molecule has 0 atom stereocenters. The van der Waals surface area contributed by atoms with Crippen LogP contribution < -0.4 is 10.6 Å². The molecular formula is C17H21N3O2S. The summed E-state index contributed by atoms with van der Waals surface area (Å²) >= 11 is 1.40. The van der Waals surface area contributed by atoms with Gasteiger partial charge in [-0.05, 0) is 50.3 Å². The SMILES string of the molecule is Cc1cc(C)c(NC(=O)CCCNC(=O)c2cccs2)c(C)n1. The van der Waals surface area contributed by atoms with Crippen LogP contribution in [0.4, 0.5) is 5.69 Å². The zero-order chi connectivity index (χ0) is 16.8. The quantitative estimate of drug-likeness (QED) is 0.798. The summed E-state index contributed by atoms with van der Waals surface area (Å²) in [6.45, 7) is 6.26. The van der Waals surface area contributed by atoms with Crippen molar-refractivity contribution in [1.82, 2.24) is 10.3 Å². The molecule has 122 valence electrons. The van der Waals surface area contributed by atoms with Gasteiger partial charge in [0.05, 0.1) is 16.3 Å². The summed E-state index contributed by atoms with van der Waals surface area (Å²) in [6.07, 6.45) is 0.956. The fourth-order valence-electron chi connectivity index (χ4n) is 2.36. The molecule has 2 amide bonds. The lowest BCUT2D eigenvalue weighted by atomic mass is 10.1. The van der Waals surface area contributed by atoms with Crippen LogP contribution in [-0.2, 0) is 4.79 Å². The third-order valence-corrected chi connectivity index (χ3v) is 4.27. The molecule has 0 bridgehead atoms. The van der Waals surface area contributed by atoms with Crippen LogP contribution in [0.15, 0.2) is 23.6 Å². The monoisotopic (exact) mass is 331 g/mol. The molecular weight excluding hydrogens is 310 g/mol. The molecule has 2 N–H and O–H groups in total. The first-order chi connectivity index (χ1) is 11.0. The molecule has 2 rings (SSSR count). The van der Waals surface area contributed by atoms with Gasteiger partial charge in [0.2, 0.25) is 5.91 Å². The van der Waals surface area contributed by atoms with Crippen molar-refractivity contribution in [3.8, 4) is 0 Å². The number of rotatable bonds is 6. The van der Waals surface area contributed by atoms with E-state index in [1.807, 2.05) is 38.3 Å². The van der Waals surface area contributed by atoms with Crippen LogP contribution >= 0.6 is 11.3 Å². The van der Waals surface area contributed by atoms with Crippen LogP contribution in [0.25, 0.3) is 0 Å². The number of carbonyl (C=O) groups is 2. The van der Waals surface area contributed by atoms with Gasteiger partial charge in [-0.15, -0.1) is 11.3 Å². The topological polar surface area (TPSA) is 71.1 Å². The molecule has 0 saturated heterocycles. The molecule has 0 spiro atoms. The highest BCUT2D eigenvalue weighted by Gasteiger charge is 2.10. The van der Waals surface area contributed by atoms with Crippen LogP contribution in [0.1, 0.15) is 39.5 Å². The van der Waals surface area contributed by atoms with Gasteiger partial charge in [0, 0.05) is 18.7 Å². The Bertz CT molecular complexity index is 673. The molecule has 2 heterocycles. The van der Waals surface area contributed by atoms with Gasteiger partial charge in [0.1, 0.15) is 0 Å². The lowest BCUT2D eigenvalue weighted by Crippen LogP contribution is -2.24. The number of nitrogens with zero attached hydrogens (tertiary/aromatic N) is 1. The van der Waals surface area contributed by atoms with Crippen molar-refractivity contribution in [2.45, 2.75) is 33.6 Å². The molecule has 0 aliphatic heterocycles. The van der Waals surface area contributed by atoms with Gasteiger partial charge >= 0.3 is 0 Å². The van der Waals surface area contributed by atoms with Crippen LogP contribution in [0, 0.1) is 20.8 Å². The Morgan fingerprint density at radius 2 is 2.04 bits per heavy atom. The first-order valence-corrected chi connectivity index (χ1v) is 8.41. The average molecular weight is 331 g/mol. The maximum absolute atomic E-state index is 12.0. The van der Waals surface area contributed by atoms with E-state index in [4.69, 9.17) is 0 Å². The highest BCUT2D eigenvalue weighted by Crippen LogP contribution is 2.19. The summed E-state index contributed by atoms with van der Waals surface area (Å²) in [6, 6.07) is 5.57. The Morgan fingerprint density at radius 1 is 1.26 bits per heavy atom. The van der Waals surface area contributed by atoms with Crippen molar-refractivity contribution in [2.75, 3.05) is 11.9 Å². The van der Waals surface area contributed by atoms with Crippen molar-refractivity contribution >= 4 is 28.8 Å². The van der Waals surface area contributed by atoms with Crippen LogP contribution in [0.5, 0.6) is 0 Å². The maximum Gasteiger partial charge on any atom is 0.261 e. The maximum atomic E-state index is 12.0. The van der Waals surface area contributed by atoms with Crippen molar-refractivity contribution in [3.63, 3.8) is 0 Å². The number of amides is 2. The highest BCUT2D eigenvalue weighted by molar-refractivity contribution is 7.12. The lowest BCUT2D eigenvalue weighted by molar-refractivity contribution is -0.116. The fourth-order valence-corrected chi connectivity index (χ4v) is 3.00. The molecule has 0 aliphatic carbocycles. The van der Waals surface area contributed by atoms with E-state index >= 15 is 0 Å². The third kappa shape index (κ3) is 4.89.